The monoisotopic (exact) mass is 165 g/mol. The Kier molecular flexibility index (Phi) is 2.29. The average molecular weight is 165 g/mol. The van der Waals surface area contributed by atoms with Crippen molar-refractivity contribution in [2.24, 2.45) is 0 Å². The van der Waals surface area contributed by atoms with Gasteiger partial charge in [0.25, 0.3) is 0 Å². The first kappa shape index (κ1) is 7.64. The molecule has 4 nitrogen and oxygen atoms in total. The fraction of sp³-hybridized carbons (Fsp3) is 0.500. The number of aromatic nitrogens is 2. The van der Waals surface area contributed by atoms with Gasteiger partial charge in [-0.1, -0.05) is 0 Å². The fourth-order valence-corrected chi connectivity index (χ4v) is 1.23. The summed E-state index contributed by atoms with van der Waals surface area (Å²) in [6.07, 6.45) is 5.18. The largest absolute Gasteiger partial charge is 0.369 e. The third-order valence-electron chi connectivity index (χ3n) is 1.84. The molecule has 0 amide bonds. The summed E-state index contributed by atoms with van der Waals surface area (Å²) in [7, 11) is 0. The third-order valence-corrected chi connectivity index (χ3v) is 1.84. The van der Waals surface area contributed by atoms with E-state index in [0.717, 1.165) is 25.4 Å². The minimum absolute atomic E-state index is 0.0763. The molecule has 0 spiro atoms. The second-order valence-corrected chi connectivity index (χ2v) is 2.69. The van der Waals surface area contributed by atoms with Crippen LogP contribution in [-0.2, 0) is 4.74 Å². The summed E-state index contributed by atoms with van der Waals surface area (Å²) >= 11 is 0. The molecule has 0 bridgehead atoms. The second kappa shape index (κ2) is 3.60. The average Bonchev–Trinajstić information content (AvgIpc) is 2.21. The molecule has 0 saturated carbocycles. The molecular formula is C8H11N3O. The summed E-state index contributed by atoms with van der Waals surface area (Å²) < 4.78 is 5.50. The Labute approximate surface area is 71.0 Å². The quantitative estimate of drug-likeness (QED) is 0.643. The van der Waals surface area contributed by atoms with Crippen LogP contribution in [0.25, 0.3) is 0 Å². The summed E-state index contributed by atoms with van der Waals surface area (Å²) in [4.78, 5) is 8.16. The van der Waals surface area contributed by atoms with E-state index in [-0.39, 0.29) is 6.10 Å². The van der Waals surface area contributed by atoms with Crippen molar-refractivity contribution in [3.63, 3.8) is 0 Å². The van der Waals surface area contributed by atoms with Gasteiger partial charge in [-0.05, 0) is 0 Å². The molecule has 2 rings (SSSR count). The molecule has 0 radical (unpaired) electrons. The fourth-order valence-electron chi connectivity index (χ4n) is 1.23. The van der Waals surface area contributed by atoms with Crippen molar-refractivity contribution in [3.05, 3.63) is 24.3 Å². The Hall–Kier alpha value is -1.00. The van der Waals surface area contributed by atoms with Gasteiger partial charge in [-0.2, -0.15) is 0 Å². The van der Waals surface area contributed by atoms with Crippen LogP contribution in [0.4, 0.5) is 0 Å². The van der Waals surface area contributed by atoms with Crippen LogP contribution in [0.15, 0.2) is 18.6 Å². The molecule has 2 heterocycles. The Balaban J connectivity index is 2.08. The van der Waals surface area contributed by atoms with Gasteiger partial charge >= 0.3 is 0 Å². The molecule has 0 unspecified atom stereocenters. The number of morpholine rings is 1. The lowest BCUT2D eigenvalue weighted by Crippen LogP contribution is -2.33. The zero-order valence-electron chi connectivity index (χ0n) is 6.73. The van der Waals surface area contributed by atoms with Crippen molar-refractivity contribution in [2.45, 2.75) is 6.10 Å². The second-order valence-electron chi connectivity index (χ2n) is 2.69. The predicted octanol–water partition coefficient (Wildman–Crippen LogP) is 0.138. The summed E-state index contributed by atoms with van der Waals surface area (Å²) in [5.74, 6) is 0. The van der Waals surface area contributed by atoms with Gasteiger partial charge in [0.1, 0.15) is 6.10 Å². The highest BCUT2D eigenvalue weighted by atomic mass is 16.5. The van der Waals surface area contributed by atoms with Gasteiger partial charge in [0.2, 0.25) is 0 Å². The SMILES string of the molecule is c1cnc([C@H]2CNCCO2)cn1. The lowest BCUT2D eigenvalue weighted by Gasteiger charge is -2.22. The minimum Gasteiger partial charge on any atom is -0.369 e. The molecule has 1 aromatic rings. The van der Waals surface area contributed by atoms with Gasteiger partial charge in [-0.15, -0.1) is 0 Å². The summed E-state index contributed by atoms with van der Waals surface area (Å²) in [6.45, 7) is 2.51. The molecule has 1 N–H and O–H groups in total. The normalized spacial score (nSPS) is 23.8. The number of rotatable bonds is 1. The van der Waals surface area contributed by atoms with E-state index in [4.69, 9.17) is 4.74 Å². The van der Waals surface area contributed by atoms with Gasteiger partial charge in [-0.25, -0.2) is 0 Å². The van der Waals surface area contributed by atoms with Crippen molar-refractivity contribution in [1.82, 2.24) is 15.3 Å². The van der Waals surface area contributed by atoms with Gasteiger partial charge in [0.05, 0.1) is 18.5 Å². The van der Waals surface area contributed by atoms with Crippen LogP contribution >= 0.6 is 0 Å². The van der Waals surface area contributed by atoms with Crippen molar-refractivity contribution < 1.29 is 4.74 Å². The van der Waals surface area contributed by atoms with E-state index in [9.17, 15) is 0 Å². The van der Waals surface area contributed by atoms with Crippen LogP contribution in [0.3, 0.4) is 0 Å². The van der Waals surface area contributed by atoms with E-state index in [1.165, 1.54) is 0 Å². The molecule has 0 aliphatic carbocycles. The standard InChI is InChI=1S/C8H11N3O/c1-2-11-7(5-9-1)8-6-10-3-4-12-8/h1-2,5,8,10H,3-4,6H2/t8-/m1/s1. The Morgan fingerprint density at radius 1 is 1.50 bits per heavy atom. The van der Waals surface area contributed by atoms with Crippen LogP contribution in [0, 0.1) is 0 Å². The van der Waals surface area contributed by atoms with Crippen LogP contribution in [0.2, 0.25) is 0 Å². The number of hydrogen-bond acceptors (Lipinski definition) is 4. The molecule has 1 aromatic heterocycles. The van der Waals surface area contributed by atoms with Crippen LogP contribution in [0.5, 0.6) is 0 Å². The molecule has 64 valence electrons. The molecule has 1 aliphatic heterocycles. The van der Waals surface area contributed by atoms with E-state index < -0.39 is 0 Å². The summed E-state index contributed by atoms with van der Waals surface area (Å²) in [5, 5.41) is 3.24. The van der Waals surface area contributed by atoms with Gasteiger partial charge in [0.15, 0.2) is 0 Å². The number of ether oxygens (including phenoxy) is 1. The minimum atomic E-state index is 0.0763. The maximum absolute atomic E-state index is 5.50. The molecular weight excluding hydrogens is 154 g/mol. The number of hydrogen-bond donors (Lipinski definition) is 1. The molecule has 1 aliphatic rings. The van der Waals surface area contributed by atoms with Crippen molar-refractivity contribution in [1.29, 1.82) is 0 Å². The maximum atomic E-state index is 5.50. The molecule has 1 fully saturated rings. The lowest BCUT2D eigenvalue weighted by molar-refractivity contribution is 0.0248. The zero-order valence-corrected chi connectivity index (χ0v) is 6.73. The molecule has 0 aromatic carbocycles. The first-order chi connectivity index (χ1) is 5.97. The van der Waals surface area contributed by atoms with Crippen LogP contribution in [-0.4, -0.2) is 29.7 Å². The van der Waals surface area contributed by atoms with Gasteiger partial charge in [0, 0.05) is 25.5 Å². The van der Waals surface area contributed by atoms with E-state index in [2.05, 4.69) is 15.3 Å². The van der Waals surface area contributed by atoms with E-state index in [0.29, 0.717) is 0 Å². The highest BCUT2D eigenvalue weighted by molar-refractivity contribution is 5.01. The lowest BCUT2D eigenvalue weighted by atomic mass is 10.2. The predicted molar refractivity (Wildman–Crippen MR) is 43.6 cm³/mol. The number of nitrogens with zero attached hydrogens (tertiary/aromatic N) is 2. The zero-order chi connectivity index (χ0) is 8.23. The molecule has 4 heteroatoms. The number of nitrogens with one attached hydrogen (secondary N) is 1. The first-order valence-electron chi connectivity index (χ1n) is 4.05. The van der Waals surface area contributed by atoms with Crippen molar-refractivity contribution in [3.8, 4) is 0 Å². The van der Waals surface area contributed by atoms with Crippen molar-refractivity contribution >= 4 is 0 Å². The smallest absolute Gasteiger partial charge is 0.113 e. The van der Waals surface area contributed by atoms with E-state index in [1.807, 2.05) is 0 Å². The first-order valence-corrected chi connectivity index (χ1v) is 4.05. The Morgan fingerprint density at radius 2 is 2.50 bits per heavy atom. The van der Waals surface area contributed by atoms with E-state index in [1.54, 1.807) is 18.6 Å². The molecule has 1 saturated heterocycles. The maximum Gasteiger partial charge on any atom is 0.113 e. The highest BCUT2D eigenvalue weighted by Gasteiger charge is 2.16. The van der Waals surface area contributed by atoms with Crippen LogP contribution < -0.4 is 5.32 Å². The summed E-state index contributed by atoms with van der Waals surface area (Å²) in [5.41, 5.74) is 0.907. The highest BCUT2D eigenvalue weighted by Crippen LogP contribution is 2.14. The Morgan fingerprint density at radius 3 is 3.17 bits per heavy atom. The van der Waals surface area contributed by atoms with E-state index >= 15 is 0 Å². The van der Waals surface area contributed by atoms with Gasteiger partial charge in [-0.3, -0.25) is 9.97 Å². The van der Waals surface area contributed by atoms with Crippen LogP contribution in [0.1, 0.15) is 11.8 Å². The van der Waals surface area contributed by atoms with Crippen molar-refractivity contribution in [2.75, 3.05) is 19.7 Å². The molecule has 1 atom stereocenters. The Bertz CT molecular complexity index is 233. The third kappa shape index (κ3) is 1.60. The van der Waals surface area contributed by atoms with Gasteiger partial charge < -0.3 is 10.1 Å². The topological polar surface area (TPSA) is 47.0 Å². The summed E-state index contributed by atoms with van der Waals surface area (Å²) in [6, 6.07) is 0. The molecule has 12 heavy (non-hydrogen) atoms.